The van der Waals surface area contributed by atoms with Crippen molar-refractivity contribution in [2.24, 2.45) is 5.73 Å². The molecule has 0 aliphatic rings. The molecule has 0 unspecified atom stereocenters. The van der Waals surface area contributed by atoms with E-state index in [1.54, 1.807) is 36.4 Å². The first kappa shape index (κ1) is 61.6. The Kier molecular flexibility index (Phi) is 23.7. The lowest BCUT2D eigenvalue weighted by molar-refractivity contribution is 0.0512. The Morgan fingerprint density at radius 1 is 0.432 bits per heavy atom. The van der Waals surface area contributed by atoms with Gasteiger partial charge in [-0.15, -0.1) is 0 Å². The van der Waals surface area contributed by atoms with Crippen molar-refractivity contribution in [1.82, 2.24) is 10.6 Å². The molecule has 9 aromatic carbocycles. The first-order valence-corrected chi connectivity index (χ1v) is 27.1. The van der Waals surface area contributed by atoms with Crippen molar-refractivity contribution in [2.45, 2.75) is 72.4 Å². The van der Waals surface area contributed by atoms with Crippen LogP contribution in [0, 0.1) is 0 Å². The zero-order chi connectivity index (χ0) is 58.0. The number of nitrogens with one attached hydrogen (secondary N) is 2. The van der Waals surface area contributed by atoms with Gasteiger partial charge in [0, 0.05) is 40.7 Å². The molecule has 2 amide bonds. The van der Waals surface area contributed by atoms with Crippen LogP contribution in [-0.4, -0.2) is 40.6 Å². The van der Waals surface area contributed by atoms with Crippen LogP contribution in [0.25, 0.3) is 22.3 Å². The first-order valence-electron chi connectivity index (χ1n) is 26.3. The molecule has 14 heteroatoms. The molecule has 0 saturated heterocycles. The molecule has 9 rings (SSSR count). The van der Waals surface area contributed by atoms with Crippen molar-refractivity contribution in [3.05, 3.63) is 258 Å². The van der Waals surface area contributed by atoms with Gasteiger partial charge in [-0.05, 0) is 136 Å². The molecule has 0 radical (unpaired) electrons. The van der Waals surface area contributed by atoms with Crippen LogP contribution in [0.15, 0.2) is 241 Å². The van der Waals surface area contributed by atoms with Crippen LogP contribution in [-0.2, 0) is 29.1 Å². The van der Waals surface area contributed by atoms with Gasteiger partial charge in [0.2, 0.25) is 0 Å². The monoisotopic (exact) mass is 1150 g/mol. The van der Waals surface area contributed by atoms with Crippen molar-refractivity contribution in [2.75, 3.05) is 0 Å². The van der Waals surface area contributed by atoms with Gasteiger partial charge in [-0.2, -0.15) is 0 Å². The highest BCUT2D eigenvalue weighted by atomic mass is 79.9. The zero-order valence-electron chi connectivity index (χ0n) is 46.4. The predicted octanol–water partition coefficient (Wildman–Crippen LogP) is 15.4. The third kappa shape index (κ3) is 22.2. The van der Waals surface area contributed by atoms with Gasteiger partial charge in [0.1, 0.15) is 45.7 Å². The molecule has 0 spiro atoms. The van der Waals surface area contributed by atoms with Gasteiger partial charge in [-0.3, -0.25) is 0 Å². The molecular weight excluding hydrogens is 1080 g/mol. The average Bonchev–Trinajstić information content (AvgIpc) is 3.47. The summed E-state index contributed by atoms with van der Waals surface area (Å²) in [5.41, 5.74) is 12.5. The van der Waals surface area contributed by atoms with Crippen LogP contribution in [0.2, 0.25) is 0 Å². The summed E-state index contributed by atoms with van der Waals surface area (Å²) >= 11 is 3.35. The minimum Gasteiger partial charge on any atom is -0.458 e. The van der Waals surface area contributed by atoms with Crippen LogP contribution in [0.4, 0.5) is 9.59 Å². The summed E-state index contributed by atoms with van der Waals surface area (Å²) in [7, 11) is -1.53. The van der Waals surface area contributed by atoms with Gasteiger partial charge in [-0.25, -0.2) is 9.59 Å². The molecule has 9 aromatic rings. The van der Waals surface area contributed by atoms with Gasteiger partial charge in [0.25, 0.3) is 0 Å². The SMILES string of the molecule is CC(C)(C)OC(=O)NCc1ccc(-c2ccccc2Oc2ccccc2)cc1.CC(C)(C)OC(=O)NCc1ccc(Br)cc1.NCc1ccc(-c2ccccc2Oc2ccccc2)cc1.OB(O)c1ccccc1Oc1ccccc1. The van der Waals surface area contributed by atoms with E-state index in [2.05, 4.69) is 56.9 Å². The van der Waals surface area contributed by atoms with E-state index in [9.17, 15) is 9.59 Å². The van der Waals surface area contributed by atoms with Gasteiger partial charge in [-0.1, -0.05) is 186 Å². The highest BCUT2D eigenvalue weighted by Crippen LogP contribution is 2.35. The number of amides is 2. The topological polar surface area (TPSA) is 171 Å². The van der Waals surface area contributed by atoms with E-state index in [0.717, 1.165) is 66.4 Å². The van der Waals surface area contributed by atoms with Gasteiger partial charge in [0.15, 0.2) is 0 Å². The standard InChI is InChI=1S/C24H25NO3.C19H17NO.C12H11BO3.C12H16BrNO2/c1-24(2,3)28-23(26)25-17-18-13-15-19(16-14-18)21-11-7-8-12-22(21)27-20-9-5-4-6-10-20;20-14-15-10-12-16(13-11-15)18-8-4-5-9-19(18)21-17-6-2-1-3-7-17;14-13(15)11-8-4-5-9-12(11)16-10-6-2-1-3-7-10;1-12(2,3)16-11(15)14-8-9-4-6-10(13)7-5-9/h4-16H,17H2,1-3H3,(H,25,26);1-13H,14,20H2;1-9,14-15H;4-7H,8H2,1-3H3,(H,14,15). The fourth-order valence-corrected chi connectivity index (χ4v) is 7.69. The normalized spacial score (nSPS) is 10.6. The predicted molar refractivity (Wildman–Crippen MR) is 328 cm³/mol. The lowest BCUT2D eigenvalue weighted by atomic mass is 9.79. The van der Waals surface area contributed by atoms with E-state index in [1.165, 1.54) is 0 Å². The van der Waals surface area contributed by atoms with E-state index in [4.69, 9.17) is 39.5 Å². The molecule has 0 aromatic heterocycles. The third-order valence-electron chi connectivity index (χ3n) is 11.2. The second-order valence-electron chi connectivity index (χ2n) is 20.1. The summed E-state index contributed by atoms with van der Waals surface area (Å²) in [4.78, 5) is 23.1. The van der Waals surface area contributed by atoms with E-state index in [-0.39, 0.29) is 0 Å². The molecule has 0 saturated carbocycles. The molecule has 0 aliphatic carbocycles. The maximum absolute atomic E-state index is 11.8. The number of para-hydroxylation sites is 6. The molecular formula is C67H69BBrN3O9. The Morgan fingerprint density at radius 3 is 1.12 bits per heavy atom. The Hall–Kier alpha value is -8.66. The van der Waals surface area contributed by atoms with Crippen molar-refractivity contribution < 1.29 is 43.3 Å². The number of carbonyl (C=O) groups excluding carboxylic acids is 2. The van der Waals surface area contributed by atoms with Crippen LogP contribution < -0.4 is 36.0 Å². The molecule has 0 fully saturated rings. The highest BCUT2D eigenvalue weighted by Gasteiger charge is 2.18. The minimum absolute atomic E-state index is 0.353. The maximum Gasteiger partial charge on any atom is 0.492 e. The molecule has 0 atom stereocenters. The van der Waals surface area contributed by atoms with Gasteiger partial charge < -0.3 is 50.1 Å². The largest absolute Gasteiger partial charge is 0.492 e. The highest BCUT2D eigenvalue weighted by molar-refractivity contribution is 9.10. The van der Waals surface area contributed by atoms with Crippen molar-refractivity contribution in [1.29, 1.82) is 0 Å². The fraction of sp³-hybridized carbons (Fsp3) is 0.164. The molecule has 12 nitrogen and oxygen atoms in total. The number of benzene rings is 9. The molecule has 6 N–H and O–H groups in total. The van der Waals surface area contributed by atoms with Crippen LogP contribution >= 0.6 is 15.9 Å². The first-order chi connectivity index (χ1) is 38.9. The molecule has 0 bridgehead atoms. The lowest BCUT2D eigenvalue weighted by Crippen LogP contribution is -2.32. The fourth-order valence-electron chi connectivity index (χ4n) is 7.42. The van der Waals surface area contributed by atoms with Crippen molar-refractivity contribution in [3.8, 4) is 56.8 Å². The molecule has 81 heavy (non-hydrogen) atoms. The Labute approximate surface area is 484 Å². The summed E-state index contributed by atoms with van der Waals surface area (Å²) in [6.07, 6.45) is -0.811. The quantitative estimate of drug-likeness (QED) is 0.0660. The minimum atomic E-state index is -1.53. The lowest BCUT2D eigenvalue weighted by Gasteiger charge is -2.19. The van der Waals surface area contributed by atoms with Gasteiger partial charge in [0.05, 0.1) is 0 Å². The maximum atomic E-state index is 11.8. The van der Waals surface area contributed by atoms with Crippen LogP contribution in [0.1, 0.15) is 58.2 Å². The molecule has 0 aliphatic heterocycles. The number of nitrogens with two attached hydrogens (primary N) is 1. The number of hydrogen-bond acceptors (Lipinski definition) is 10. The number of ether oxygens (including phenoxy) is 5. The number of alkyl carbamates (subject to hydrolysis) is 2. The summed E-state index contributed by atoms with van der Waals surface area (Å²) in [6, 6.07) is 75.6. The number of rotatable bonds is 14. The van der Waals surface area contributed by atoms with E-state index < -0.39 is 30.5 Å². The third-order valence-corrected chi connectivity index (χ3v) is 11.8. The van der Waals surface area contributed by atoms with Crippen LogP contribution in [0.5, 0.6) is 34.5 Å². The molecule has 416 valence electrons. The Balaban J connectivity index is 0.000000179. The number of carbonyl (C=O) groups is 2. The molecule has 0 heterocycles. The van der Waals surface area contributed by atoms with Crippen molar-refractivity contribution >= 4 is 40.7 Å². The summed E-state index contributed by atoms with van der Waals surface area (Å²) in [6.45, 7) is 12.5. The van der Waals surface area contributed by atoms with Crippen molar-refractivity contribution in [3.63, 3.8) is 0 Å². The van der Waals surface area contributed by atoms with E-state index in [0.29, 0.717) is 36.6 Å². The second kappa shape index (κ2) is 31.2. The summed E-state index contributed by atoms with van der Waals surface area (Å²) in [5.74, 6) is 4.40. The van der Waals surface area contributed by atoms with Crippen LogP contribution in [0.3, 0.4) is 0 Å². The smallest absolute Gasteiger partial charge is 0.458 e. The van der Waals surface area contributed by atoms with E-state index in [1.807, 2.05) is 211 Å². The number of hydrogen-bond donors (Lipinski definition) is 5. The van der Waals surface area contributed by atoms with Gasteiger partial charge >= 0.3 is 19.3 Å². The summed E-state index contributed by atoms with van der Waals surface area (Å²) in [5, 5.41) is 23.8. The average molecular weight is 1150 g/mol. The second-order valence-corrected chi connectivity index (χ2v) is 21.0. The summed E-state index contributed by atoms with van der Waals surface area (Å²) < 4.78 is 29.0. The Bertz CT molecular complexity index is 3300. The van der Waals surface area contributed by atoms with E-state index >= 15 is 0 Å². The number of halogens is 1. The zero-order valence-corrected chi connectivity index (χ0v) is 48.0. The Morgan fingerprint density at radius 2 is 0.753 bits per heavy atom.